The molecule has 0 bridgehead atoms. The first-order valence-corrected chi connectivity index (χ1v) is 8.19. The highest BCUT2D eigenvalue weighted by Gasteiger charge is 2.36. The predicted molar refractivity (Wildman–Crippen MR) is 74.2 cm³/mol. The number of hydrogen-bond donors (Lipinski definition) is 0. The summed E-state index contributed by atoms with van der Waals surface area (Å²) < 4.78 is 28.6. The van der Waals surface area contributed by atoms with Gasteiger partial charge in [0.05, 0.1) is 5.69 Å². The Bertz CT molecular complexity index is 573. The Kier molecular flexibility index (Phi) is 3.22. The normalized spacial score (nSPS) is 24.5. The lowest BCUT2D eigenvalue weighted by molar-refractivity contribution is 0.280. The molecule has 0 amide bonds. The predicted octanol–water partition coefficient (Wildman–Crippen LogP) is 1.42. The van der Waals surface area contributed by atoms with E-state index in [-0.39, 0.29) is 0 Å². The zero-order chi connectivity index (χ0) is 13.5. The van der Waals surface area contributed by atoms with Gasteiger partial charge in [0, 0.05) is 32.0 Å². The van der Waals surface area contributed by atoms with Crippen LogP contribution in [0, 0.1) is 5.92 Å². The number of nitrogens with zero attached hydrogens (tertiary/aromatic N) is 3. The molecule has 3 heterocycles. The Morgan fingerprint density at radius 3 is 3.00 bits per heavy atom. The average molecular weight is 281 g/mol. The van der Waals surface area contributed by atoms with Crippen LogP contribution >= 0.6 is 0 Å². The van der Waals surface area contributed by atoms with Gasteiger partial charge < -0.3 is 0 Å². The Labute approximate surface area is 114 Å². The molecule has 19 heavy (non-hydrogen) atoms. The molecule has 3 rings (SSSR count). The van der Waals surface area contributed by atoms with Gasteiger partial charge in [0.15, 0.2) is 0 Å². The highest BCUT2D eigenvalue weighted by atomic mass is 32.2. The maximum absolute atomic E-state index is 12.7. The second-order valence-electron chi connectivity index (χ2n) is 5.44. The molecule has 1 aromatic heterocycles. The van der Waals surface area contributed by atoms with E-state index in [4.69, 9.17) is 0 Å². The average Bonchev–Trinajstić information content (AvgIpc) is 2.83. The molecule has 0 radical (unpaired) electrons. The van der Waals surface area contributed by atoms with E-state index in [0.717, 1.165) is 30.5 Å². The van der Waals surface area contributed by atoms with Crippen LogP contribution in [0.2, 0.25) is 0 Å². The molecule has 6 heteroatoms. The topological polar surface area (TPSA) is 53.5 Å². The quantitative estimate of drug-likeness (QED) is 0.824. The zero-order valence-corrected chi connectivity index (χ0v) is 11.9. The van der Waals surface area contributed by atoms with Gasteiger partial charge in [0.2, 0.25) is 0 Å². The van der Waals surface area contributed by atoms with E-state index in [1.165, 1.54) is 0 Å². The molecule has 1 fully saturated rings. The van der Waals surface area contributed by atoms with Crippen molar-refractivity contribution >= 4 is 15.9 Å². The summed E-state index contributed by atoms with van der Waals surface area (Å²) in [5, 5.41) is 0. The van der Waals surface area contributed by atoms with Crippen LogP contribution in [-0.4, -0.2) is 37.3 Å². The van der Waals surface area contributed by atoms with Crippen molar-refractivity contribution in [3.8, 4) is 0 Å². The van der Waals surface area contributed by atoms with Crippen molar-refractivity contribution in [2.75, 3.05) is 23.9 Å². The van der Waals surface area contributed by atoms with Crippen molar-refractivity contribution in [2.45, 2.75) is 26.2 Å². The van der Waals surface area contributed by atoms with Gasteiger partial charge in [0.25, 0.3) is 0 Å². The maximum atomic E-state index is 12.7. The fraction of sp³-hybridized carbons (Fsp3) is 0.615. The van der Waals surface area contributed by atoms with Gasteiger partial charge in [-0.1, -0.05) is 6.92 Å². The monoisotopic (exact) mass is 281 g/mol. The Morgan fingerprint density at radius 1 is 1.37 bits per heavy atom. The molecule has 2 aliphatic rings. The summed E-state index contributed by atoms with van der Waals surface area (Å²) in [4.78, 5) is 4.06. The molecule has 0 aromatic carbocycles. The lowest BCUT2D eigenvalue weighted by Gasteiger charge is -2.33. The first kappa shape index (κ1) is 12.9. The summed E-state index contributed by atoms with van der Waals surface area (Å²) in [5.74, 6) is 0.447. The molecule has 104 valence electrons. The highest BCUT2D eigenvalue weighted by Crippen LogP contribution is 2.31. The molecule has 0 spiro atoms. The van der Waals surface area contributed by atoms with Crippen LogP contribution in [0.4, 0.5) is 5.69 Å². The van der Waals surface area contributed by atoms with Crippen molar-refractivity contribution < 1.29 is 8.42 Å². The largest absolute Gasteiger partial charge is 0.304 e. The second-order valence-corrected chi connectivity index (χ2v) is 7.29. The van der Waals surface area contributed by atoms with Gasteiger partial charge in [-0.3, -0.25) is 9.29 Å². The smallest absolute Gasteiger partial charge is 0.264 e. The molecule has 0 N–H and O–H groups in total. The molecule has 0 saturated carbocycles. The Hall–Kier alpha value is -1.14. The number of anilines is 1. The summed E-state index contributed by atoms with van der Waals surface area (Å²) in [7, 11) is -3.37. The third-order valence-corrected chi connectivity index (χ3v) is 5.88. The third-order valence-electron chi connectivity index (χ3n) is 3.96. The van der Waals surface area contributed by atoms with Crippen LogP contribution in [0.5, 0.6) is 0 Å². The Balaban J connectivity index is 1.90. The molecular formula is C13H19N3O2S. The fourth-order valence-corrected chi connectivity index (χ4v) is 4.76. The Morgan fingerprint density at radius 2 is 2.21 bits per heavy atom. The first-order valence-electron chi connectivity index (χ1n) is 6.80. The third kappa shape index (κ3) is 2.23. The molecular weight excluding hydrogens is 262 g/mol. The molecule has 1 saturated heterocycles. The van der Waals surface area contributed by atoms with Gasteiger partial charge in [-0.25, -0.2) is 0 Å². The van der Waals surface area contributed by atoms with Crippen molar-refractivity contribution in [3.05, 3.63) is 24.0 Å². The van der Waals surface area contributed by atoms with Crippen LogP contribution < -0.4 is 4.31 Å². The molecule has 1 aromatic rings. The van der Waals surface area contributed by atoms with E-state index < -0.39 is 10.2 Å². The molecule has 2 aliphatic heterocycles. The van der Waals surface area contributed by atoms with Crippen LogP contribution in [0.1, 0.15) is 25.3 Å². The van der Waals surface area contributed by atoms with Crippen molar-refractivity contribution in [1.29, 1.82) is 0 Å². The summed E-state index contributed by atoms with van der Waals surface area (Å²) in [6.45, 7) is 3.93. The summed E-state index contributed by atoms with van der Waals surface area (Å²) in [5.41, 5.74) is 1.82. The SMILES string of the molecule is C[C@@H]1CCCN(S(=O)(=O)N2CCc3cnccc32)C1. The van der Waals surface area contributed by atoms with Crippen molar-refractivity contribution in [2.24, 2.45) is 5.92 Å². The van der Waals surface area contributed by atoms with E-state index in [2.05, 4.69) is 11.9 Å². The minimum atomic E-state index is -3.37. The van der Waals surface area contributed by atoms with E-state index in [0.29, 0.717) is 25.6 Å². The lowest BCUT2D eigenvalue weighted by atomic mass is 10.0. The summed E-state index contributed by atoms with van der Waals surface area (Å²) in [6, 6.07) is 1.80. The lowest BCUT2D eigenvalue weighted by Crippen LogP contribution is -2.47. The van der Waals surface area contributed by atoms with Gasteiger partial charge in [-0.05, 0) is 36.8 Å². The fourth-order valence-electron chi connectivity index (χ4n) is 2.93. The van der Waals surface area contributed by atoms with Crippen LogP contribution in [-0.2, 0) is 16.6 Å². The second kappa shape index (κ2) is 4.76. The van der Waals surface area contributed by atoms with E-state index in [9.17, 15) is 8.42 Å². The molecule has 0 unspecified atom stereocenters. The summed E-state index contributed by atoms with van der Waals surface area (Å²) in [6.07, 6.45) is 6.25. The maximum Gasteiger partial charge on any atom is 0.304 e. The number of hydrogen-bond acceptors (Lipinski definition) is 3. The number of fused-ring (bicyclic) bond motifs is 1. The molecule has 5 nitrogen and oxygen atoms in total. The summed E-state index contributed by atoms with van der Waals surface area (Å²) >= 11 is 0. The van der Waals surface area contributed by atoms with Crippen LogP contribution in [0.25, 0.3) is 0 Å². The van der Waals surface area contributed by atoms with Crippen LogP contribution in [0.15, 0.2) is 18.5 Å². The number of pyridine rings is 1. The zero-order valence-electron chi connectivity index (χ0n) is 11.1. The highest BCUT2D eigenvalue weighted by molar-refractivity contribution is 7.90. The minimum absolute atomic E-state index is 0.447. The van der Waals surface area contributed by atoms with E-state index in [1.54, 1.807) is 27.1 Å². The van der Waals surface area contributed by atoms with Gasteiger partial charge in [-0.15, -0.1) is 0 Å². The minimum Gasteiger partial charge on any atom is -0.264 e. The van der Waals surface area contributed by atoms with Crippen molar-refractivity contribution in [3.63, 3.8) is 0 Å². The van der Waals surface area contributed by atoms with Gasteiger partial charge in [0.1, 0.15) is 0 Å². The van der Waals surface area contributed by atoms with Gasteiger partial charge in [-0.2, -0.15) is 12.7 Å². The number of rotatable bonds is 2. The first-order chi connectivity index (χ1) is 9.09. The number of aromatic nitrogens is 1. The standard InChI is InChI=1S/C13H19N3O2S/c1-11-3-2-7-15(10-11)19(17,18)16-8-5-12-9-14-6-4-13(12)16/h4,6,9,11H,2-3,5,7-8,10H2,1H3/t11-/m1/s1. The van der Waals surface area contributed by atoms with Crippen molar-refractivity contribution in [1.82, 2.24) is 9.29 Å². The number of piperidine rings is 1. The van der Waals surface area contributed by atoms with Gasteiger partial charge >= 0.3 is 10.2 Å². The molecule has 0 aliphatic carbocycles. The van der Waals surface area contributed by atoms with E-state index in [1.807, 2.05) is 0 Å². The molecule has 1 atom stereocenters. The van der Waals surface area contributed by atoms with E-state index >= 15 is 0 Å². The van der Waals surface area contributed by atoms with Crippen LogP contribution in [0.3, 0.4) is 0 Å².